The lowest BCUT2D eigenvalue weighted by Crippen LogP contribution is -1.85. The van der Waals surface area contributed by atoms with Crippen molar-refractivity contribution in [3.63, 3.8) is 0 Å². The molecule has 0 nitrogen and oxygen atoms in total. The van der Waals surface area contributed by atoms with Gasteiger partial charge in [0.2, 0.25) is 0 Å². The lowest BCUT2D eigenvalue weighted by molar-refractivity contribution is 0.616. The fraction of sp³-hybridized carbons (Fsp3) is 0.250. The quantitative estimate of drug-likeness (QED) is 0.553. The summed E-state index contributed by atoms with van der Waals surface area (Å²) in [6.45, 7) is 0. The second-order valence-corrected chi connectivity index (χ2v) is 3.36. The molecule has 1 aliphatic heterocycles. The molecule has 0 spiro atoms. The van der Waals surface area contributed by atoms with Crippen LogP contribution in [0.15, 0.2) is 18.2 Å². The number of benzene rings is 1. The van der Waals surface area contributed by atoms with Gasteiger partial charge in [0.25, 0.3) is 0 Å². The van der Waals surface area contributed by atoms with Gasteiger partial charge in [0.1, 0.15) is 5.82 Å². The summed E-state index contributed by atoms with van der Waals surface area (Å²) in [5.74, 6) is 1.79. The Kier molecular flexibility index (Phi) is 1.42. The zero-order valence-corrected chi connectivity index (χ0v) is 6.25. The molecule has 0 unspecified atom stereocenters. The van der Waals surface area contributed by atoms with Crippen molar-refractivity contribution in [3.8, 4) is 0 Å². The van der Waals surface area contributed by atoms with Gasteiger partial charge in [-0.15, -0.1) is 0 Å². The predicted molar refractivity (Wildman–Crippen MR) is 41.4 cm³/mol. The smallest absolute Gasteiger partial charge is 0.127 e. The lowest BCUT2D eigenvalue weighted by Gasteiger charge is -1.96. The topological polar surface area (TPSA) is 0 Å². The first kappa shape index (κ1) is 6.23. The van der Waals surface area contributed by atoms with Crippen LogP contribution in [-0.2, 0) is 11.5 Å². The molecule has 52 valence electrons. The van der Waals surface area contributed by atoms with E-state index in [2.05, 4.69) is 0 Å². The van der Waals surface area contributed by atoms with Crippen LogP contribution < -0.4 is 0 Å². The highest BCUT2D eigenvalue weighted by Crippen LogP contribution is 2.30. The van der Waals surface area contributed by atoms with Gasteiger partial charge in [0.05, 0.1) is 0 Å². The van der Waals surface area contributed by atoms with Gasteiger partial charge in [-0.2, -0.15) is 11.8 Å². The molecule has 0 saturated heterocycles. The summed E-state index contributed by atoms with van der Waals surface area (Å²) in [5.41, 5.74) is 2.08. The monoisotopic (exact) mass is 154 g/mol. The Labute approximate surface area is 63.4 Å². The first-order valence-electron chi connectivity index (χ1n) is 3.22. The highest BCUT2D eigenvalue weighted by molar-refractivity contribution is 7.98. The average Bonchev–Trinajstić information content (AvgIpc) is 2.36. The summed E-state index contributed by atoms with van der Waals surface area (Å²) in [6.07, 6.45) is 0. The van der Waals surface area contributed by atoms with Gasteiger partial charge in [-0.25, -0.2) is 4.39 Å². The summed E-state index contributed by atoms with van der Waals surface area (Å²) in [4.78, 5) is 0. The Morgan fingerprint density at radius 2 is 2.20 bits per heavy atom. The molecule has 1 aromatic rings. The molecule has 0 fully saturated rings. The van der Waals surface area contributed by atoms with Crippen LogP contribution in [-0.4, -0.2) is 0 Å². The Morgan fingerprint density at radius 1 is 1.30 bits per heavy atom. The number of thioether (sulfide) groups is 1. The van der Waals surface area contributed by atoms with E-state index in [1.165, 1.54) is 11.6 Å². The normalized spacial score (nSPS) is 15.3. The van der Waals surface area contributed by atoms with Gasteiger partial charge >= 0.3 is 0 Å². The van der Waals surface area contributed by atoms with E-state index < -0.39 is 0 Å². The molecule has 0 aromatic heterocycles. The third-order valence-electron chi connectivity index (χ3n) is 1.72. The van der Waals surface area contributed by atoms with Crippen LogP contribution in [0.4, 0.5) is 4.39 Å². The van der Waals surface area contributed by atoms with Crippen molar-refractivity contribution < 1.29 is 4.39 Å². The van der Waals surface area contributed by atoms with Crippen molar-refractivity contribution in [1.29, 1.82) is 0 Å². The van der Waals surface area contributed by atoms with Crippen molar-refractivity contribution in [2.24, 2.45) is 0 Å². The Balaban J connectivity index is 2.59. The first-order chi connectivity index (χ1) is 4.88. The lowest BCUT2D eigenvalue weighted by atomic mass is 10.1. The van der Waals surface area contributed by atoms with Crippen molar-refractivity contribution in [3.05, 3.63) is 35.1 Å². The van der Waals surface area contributed by atoms with E-state index in [1.54, 1.807) is 17.8 Å². The highest BCUT2D eigenvalue weighted by atomic mass is 32.2. The van der Waals surface area contributed by atoms with Gasteiger partial charge in [-0.1, -0.05) is 12.1 Å². The minimum absolute atomic E-state index is 0.0394. The van der Waals surface area contributed by atoms with Gasteiger partial charge in [-0.05, 0) is 11.6 Å². The maximum atomic E-state index is 12.9. The van der Waals surface area contributed by atoms with Crippen LogP contribution in [0.25, 0.3) is 0 Å². The van der Waals surface area contributed by atoms with Crippen LogP contribution in [0.1, 0.15) is 11.1 Å². The Bertz CT molecular complexity index is 257. The van der Waals surface area contributed by atoms with Crippen LogP contribution >= 0.6 is 11.8 Å². The van der Waals surface area contributed by atoms with Crippen LogP contribution in [0.2, 0.25) is 0 Å². The van der Waals surface area contributed by atoms with E-state index in [4.69, 9.17) is 0 Å². The third kappa shape index (κ3) is 0.833. The largest absolute Gasteiger partial charge is 0.207 e. The summed E-state index contributed by atoms with van der Waals surface area (Å²) >= 11 is 1.78. The highest BCUT2D eigenvalue weighted by Gasteiger charge is 2.13. The number of fused-ring (bicyclic) bond motifs is 1. The molecule has 0 amide bonds. The molecule has 0 radical (unpaired) electrons. The fourth-order valence-electron chi connectivity index (χ4n) is 1.16. The fourth-order valence-corrected chi connectivity index (χ4v) is 2.28. The molecular formula is C8H7FS. The van der Waals surface area contributed by atoms with Gasteiger partial charge in [0.15, 0.2) is 0 Å². The van der Waals surface area contributed by atoms with Crippen LogP contribution in [0, 0.1) is 5.82 Å². The molecule has 1 aromatic carbocycles. The second kappa shape index (κ2) is 2.27. The molecular weight excluding hydrogens is 147 g/mol. The van der Waals surface area contributed by atoms with E-state index in [0.717, 1.165) is 17.1 Å². The van der Waals surface area contributed by atoms with Crippen molar-refractivity contribution in [2.75, 3.05) is 0 Å². The predicted octanol–water partition coefficient (Wildman–Crippen LogP) is 2.57. The molecule has 0 saturated carbocycles. The average molecular weight is 154 g/mol. The summed E-state index contributed by atoms with van der Waals surface area (Å²) in [6, 6.07) is 5.31. The van der Waals surface area contributed by atoms with Crippen molar-refractivity contribution in [1.82, 2.24) is 0 Å². The molecule has 0 atom stereocenters. The number of rotatable bonds is 0. The zero-order chi connectivity index (χ0) is 6.97. The molecule has 0 N–H and O–H groups in total. The van der Waals surface area contributed by atoms with E-state index in [1.807, 2.05) is 6.07 Å². The van der Waals surface area contributed by atoms with E-state index in [9.17, 15) is 4.39 Å². The zero-order valence-electron chi connectivity index (χ0n) is 5.43. The van der Waals surface area contributed by atoms with Gasteiger partial charge < -0.3 is 0 Å². The van der Waals surface area contributed by atoms with Gasteiger partial charge in [-0.3, -0.25) is 0 Å². The Hall–Kier alpha value is -0.500. The van der Waals surface area contributed by atoms with E-state index >= 15 is 0 Å². The maximum Gasteiger partial charge on any atom is 0.127 e. The minimum Gasteiger partial charge on any atom is -0.207 e. The molecule has 0 bridgehead atoms. The number of hydrogen-bond donors (Lipinski definition) is 0. The third-order valence-corrected chi connectivity index (χ3v) is 2.73. The minimum atomic E-state index is -0.0394. The number of halogens is 1. The SMILES string of the molecule is Fc1cccc2c1CSC2. The number of hydrogen-bond acceptors (Lipinski definition) is 1. The maximum absolute atomic E-state index is 12.9. The van der Waals surface area contributed by atoms with E-state index in [-0.39, 0.29) is 5.82 Å². The summed E-state index contributed by atoms with van der Waals surface area (Å²) in [7, 11) is 0. The molecule has 2 rings (SSSR count). The Morgan fingerprint density at radius 3 is 3.00 bits per heavy atom. The van der Waals surface area contributed by atoms with Crippen molar-refractivity contribution >= 4 is 11.8 Å². The first-order valence-corrected chi connectivity index (χ1v) is 4.37. The van der Waals surface area contributed by atoms with Crippen LogP contribution in [0.3, 0.4) is 0 Å². The standard InChI is InChI=1S/C8H7FS/c9-8-3-1-2-6-4-10-5-7(6)8/h1-3H,4-5H2. The molecule has 10 heavy (non-hydrogen) atoms. The molecule has 1 heterocycles. The molecule has 2 heteroatoms. The molecule has 1 aliphatic rings. The summed E-state index contributed by atoms with van der Waals surface area (Å²) in [5, 5.41) is 0. The van der Waals surface area contributed by atoms with Gasteiger partial charge in [0, 0.05) is 17.1 Å². The molecule has 0 aliphatic carbocycles. The second-order valence-electron chi connectivity index (χ2n) is 2.37. The van der Waals surface area contributed by atoms with Crippen LogP contribution in [0.5, 0.6) is 0 Å². The summed E-state index contributed by atoms with van der Waals surface area (Å²) < 4.78 is 12.9. The van der Waals surface area contributed by atoms with E-state index in [0.29, 0.717) is 0 Å². The van der Waals surface area contributed by atoms with Crippen molar-refractivity contribution in [2.45, 2.75) is 11.5 Å².